The minimum Gasteiger partial charge on any atom is -0.453 e. The van der Waals surface area contributed by atoms with Gasteiger partial charge in [-0.05, 0) is 129 Å². The Morgan fingerprint density at radius 3 is 1.38 bits per heavy atom. The van der Waals surface area contributed by atoms with Crippen molar-refractivity contribution in [3.05, 3.63) is 194 Å². The molecule has 0 amide bonds. The van der Waals surface area contributed by atoms with Gasteiger partial charge in [0.15, 0.2) is 23.0 Å². The summed E-state index contributed by atoms with van der Waals surface area (Å²) in [6.45, 7) is 6.96. The molecule has 61 heavy (non-hydrogen) atoms. The van der Waals surface area contributed by atoms with E-state index in [-0.39, 0.29) is 5.41 Å². The number of ether oxygens (including phenoxy) is 2. The van der Waals surface area contributed by atoms with Crippen molar-refractivity contribution in [2.45, 2.75) is 26.2 Å². The third-order valence-corrected chi connectivity index (χ3v) is 13.4. The molecule has 9 aromatic carbocycles. The van der Waals surface area contributed by atoms with Crippen LogP contribution < -0.4 is 19.3 Å². The molecule has 4 nitrogen and oxygen atoms in total. The van der Waals surface area contributed by atoms with E-state index in [0.717, 1.165) is 57.1 Å². The van der Waals surface area contributed by atoms with Gasteiger partial charge in [0, 0.05) is 37.1 Å². The molecule has 2 aliphatic rings. The van der Waals surface area contributed by atoms with Crippen molar-refractivity contribution < 1.29 is 9.47 Å². The van der Waals surface area contributed by atoms with E-state index in [1.807, 2.05) is 59.9 Å². The van der Waals surface area contributed by atoms with Gasteiger partial charge in [0.25, 0.3) is 0 Å². The second-order valence-electron chi connectivity index (χ2n) is 16.9. The van der Waals surface area contributed by atoms with Crippen LogP contribution in [-0.2, 0) is 5.41 Å². The van der Waals surface area contributed by atoms with E-state index >= 15 is 0 Å². The fraction of sp³-hybridized carbons (Fsp3) is 0.0714. The highest BCUT2D eigenvalue weighted by Gasteiger charge is 2.28. The zero-order chi connectivity index (χ0) is 40.8. The van der Waals surface area contributed by atoms with E-state index in [0.29, 0.717) is 0 Å². The van der Waals surface area contributed by atoms with Gasteiger partial charge in [-0.25, -0.2) is 0 Å². The normalized spacial score (nSPS) is 13.0. The van der Waals surface area contributed by atoms with Crippen molar-refractivity contribution >= 4 is 76.4 Å². The molecule has 0 atom stereocenters. The van der Waals surface area contributed by atoms with Crippen molar-refractivity contribution in [3.8, 4) is 45.3 Å². The van der Waals surface area contributed by atoms with Crippen molar-refractivity contribution in [1.82, 2.24) is 0 Å². The lowest BCUT2D eigenvalue weighted by atomic mass is 9.84. The summed E-state index contributed by atoms with van der Waals surface area (Å²) in [6.07, 6.45) is 0. The number of benzene rings is 9. The predicted octanol–water partition coefficient (Wildman–Crippen LogP) is 17.0. The van der Waals surface area contributed by atoms with Crippen LogP contribution in [0.4, 0.5) is 34.1 Å². The summed E-state index contributed by atoms with van der Waals surface area (Å²) in [5, 5.41) is 5.10. The monoisotopic (exact) mass is 804 g/mol. The Labute approximate surface area is 359 Å². The number of hydrogen-bond donors (Lipinski definition) is 0. The molecule has 0 aliphatic carbocycles. The first kappa shape index (κ1) is 35.6. The number of para-hydroxylation sites is 8. The summed E-state index contributed by atoms with van der Waals surface area (Å²) in [5.74, 6) is 3.38. The smallest absolute Gasteiger partial charge is 0.151 e. The molecule has 0 unspecified atom stereocenters. The highest BCUT2D eigenvalue weighted by molar-refractivity contribution is 7.27. The number of anilines is 6. The molecule has 292 valence electrons. The largest absolute Gasteiger partial charge is 0.453 e. The van der Waals surface area contributed by atoms with Gasteiger partial charge in [-0.2, -0.15) is 0 Å². The number of nitrogens with zero attached hydrogens (tertiary/aromatic N) is 2. The Bertz CT molecular complexity index is 3300. The van der Waals surface area contributed by atoms with Crippen LogP contribution in [-0.4, -0.2) is 0 Å². The lowest BCUT2D eigenvalue weighted by molar-refractivity contribution is 0.477. The summed E-state index contributed by atoms with van der Waals surface area (Å²) in [6, 6.07) is 67.4. The third-order valence-electron chi connectivity index (χ3n) is 12.1. The van der Waals surface area contributed by atoms with Crippen LogP contribution in [0.2, 0.25) is 0 Å². The summed E-state index contributed by atoms with van der Waals surface area (Å²) in [4.78, 5) is 4.66. The van der Waals surface area contributed by atoms with Gasteiger partial charge < -0.3 is 19.3 Å². The van der Waals surface area contributed by atoms with Crippen molar-refractivity contribution in [2.24, 2.45) is 0 Å². The topological polar surface area (TPSA) is 24.9 Å². The lowest BCUT2D eigenvalue weighted by Gasteiger charge is -2.33. The van der Waals surface area contributed by atoms with Gasteiger partial charge >= 0.3 is 0 Å². The van der Waals surface area contributed by atoms with Crippen LogP contribution in [0.25, 0.3) is 53.2 Å². The van der Waals surface area contributed by atoms with E-state index in [1.165, 1.54) is 58.8 Å². The Balaban J connectivity index is 1.08. The first-order valence-electron chi connectivity index (χ1n) is 20.8. The summed E-state index contributed by atoms with van der Waals surface area (Å²) in [7, 11) is 0. The van der Waals surface area contributed by atoms with Crippen molar-refractivity contribution in [2.75, 3.05) is 9.80 Å². The summed E-state index contributed by atoms with van der Waals surface area (Å²) in [5.41, 5.74) is 12.3. The Hall–Kier alpha value is -7.34. The second kappa shape index (κ2) is 13.6. The quantitative estimate of drug-likeness (QED) is 0.177. The lowest BCUT2D eigenvalue weighted by Crippen LogP contribution is -2.15. The molecule has 3 heterocycles. The summed E-state index contributed by atoms with van der Waals surface area (Å²) >= 11 is 1.91. The Morgan fingerprint density at radius 1 is 0.410 bits per heavy atom. The van der Waals surface area contributed by atoms with Crippen LogP contribution in [0.1, 0.15) is 26.3 Å². The number of thiophene rings is 1. The van der Waals surface area contributed by atoms with E-state index in [1.54, 1.807) is 0 Å². The molecule has 0 saturated carbocycles. The van der Waals surface area contributed by atoms with Gasteiger partial charge in [0.2, 0.25) is 0 Å². The van der Waals surface area contributed by atoms with E-state index in [2.05, 4.69) is 170 Å². The maximum absolute atomic E-state index is 6.40. The molecular weight excluding hydrogens is 765 g/mol. The van der Waals surface area contributed by atoms with Crippen LogP contribution in [0, 0.1) is 0 Å². The second-order valence-corrected chi connectivity index (χ2v) is 18.0. The van der Waals surface area contributed by atoms with Gasteiger partial charge in [-0.15, -0.1) is 11.3 Å². The van der Waals surface area contributed by atoms with Crippen LogP contribution >= 0.6 is 11.3 Å². The molecule has 5 heteroatoms. The van der Waals surface area contributed by atoms with E-state index < -0.39 is 0 Å². The molecule has 1 aromatic heterocycles. The molecule has 0 spiro atoms. The first-order valence-corrected chi connectivity index (χ1v) is 21.6. The summed E-state index contributed by atoms with van der Waals surface area (Å²) < 4.78 is 15.4. The minimum atomic E-state index is -0.0800. The Kier molecular flexibility index (Phi) is 7.93. The molecule has 12 rings (SSSR count). The molecule has 10 aromatic rings. The standard InChI is InChI=1S/C56H40N2O2S/c1-56(2,3)38-33-43(36-18-15-20-40(31-36)58-47-24-8-12-28-51(47)60-52-29-13-9-25-48(52)58)54-44(34-38)53-41-21-5-4-16-37(41)32-42(55(53)61-54)35-17-14-19-39(30-35)57-45-22-6-10-26-49(45)59-50-27-11-7-23-46(50)57/h4-34H,1-3H3. The molecule has 0 bridgehead atoms. The van der Waals surface area contributed by atoms with Crippen molar-refractivity contribution in [3.63, 3.8) is 0 Å². The maximum Gasteiger partial charge on any atom is 0.151 e. The van der Waals surface area contributed by atoms with E-state index in [4.69, 9.17) is 9.47 Å². The number of hydrogen-bond acceptors (Lipinski definition) is 5. The third kappa shape index (κ3) is 5.72. The molecule has 0 N–H and O–H groups in total. The maximum atomic E-state index is 6.40. The molecule has 0 fully saturated rings. The van der Waals surface area contributed by atoms with Gasteiger partial charge in [0.1, 0.15) is 0 Å². The van der Waals surface area contributed by atoms with E-state index in [9.17, 15) is 0 Å². The van der Waals surface area contributed by atoms with Gasteiger partial charge in [-0.1, -0.05) is 118 Å². The van der Waals surface area contributed by atoms with Crippen LogP contribution in [0.3, 0.4) is 0 Å². The Morgan fingerprint density at radius 2 is 0.869 bits per heavy atom. The zero-order valence-corrected chi connectivity index (χ0v) is 34.8. The highest BCUT2D eigenvalue weighted by Crippen LogP contribution is 2.54. The molecule has 0 saturated heterocycles. The zero-order valence-electron chi connectivity index (χ0n) is 34.0. The molecular formula is C56H40N2O2S. The average Bonchev–Trinajstić information content (AvgIpc) is 3.69. The molecule has 2 aliphatic heterocycles. The number of rotatable bonds is 4. The highest BCUT2D eigenvalue weighted by atomic mass is 32.1. The predicted molar refractivity (Wildman–Crippen MR) is 256 cm³/mol. The van der Waals surface area contributed by atoms with Gasteiger partial charge in [-0.3, -0.25) is 0 Å². The van der Waals surface area contributed by atoms with Gasteiger partial charge in [0.05, 0.1) is 22.7 Å². The van der Waals surface area contributed by atoms with Crippen molar-refractivity contribution in [1.29, 1.82) is 0 Å². The molecule has 0 radical (unpaired) electrons. The fourth-order valence-corrected chi connectivity index (χ4v) is 10.6. The minimum absolute atomic E-state index is 0.0800. The fourth-order valence-electron chi connectivity index (χ4n) is 9.18. The SMILES string of the molecule is CC(C)(C)c1cc(-c2cccc(N3c4ccccc4Oc4ccccc43)c2)c2sc3c(-c4cccc(N5c6ccccc6Oc6ccccc65)c4)cc4ccccc4c3c2c1. The van der Waals surface area contributed by atoms with Crippen LogP contribution in [0.15, 0.2) is 188 Å². The van der Waals surface area contributed by atoms with Crippen LogP contribution in [0.5, 0.6) is 23.0 Å². The number of fused-ring (bicyclic) bond motifs is 9. The first-order chi connectivity index (χ1) is 29.9. The average molecular weight is 805 g/mol.